The second kappa shape index (κ2) is 11.0. The van der Waals surface area contributed by atoms with Crippen molar-refractivity contribution in [2.75, 3.05) is 0 Å². The highest BCUT2D eigenvalue weighted by molar-refractivity contribution is 5.89. The monoisotopic (exact) mass is 328 g/mol. The molecule has 0 atom stereocenters. The molecule has 0 amide bonds. The van der Waals surface area contributed by atoms with E-state index in [9.17, 15) is 9.59 Å². The van der Waals surface area contributed by atoms with Crippen LogP contribution in [0.4, 0.5) is 0 Å². The van der Waals surface area contributed by atoms with Gasteiger partial charge in [-0.2, -0.15) is 0 Å². The summed E-state index contributed by atoms with van der Waals surface area (Å²) in [5.74, 6) is -1.70. The van der Waals surface area contributed by atoms with E-state index < -0.39 is 11.9 Å². The van der Waals surface area contributed by atoms with Crippen molar-refractivity contribution in [2.24, 2.45) is 0 Å². The quantitative estimate of drug-likeness (QED) is 0.709. The first-order chi connectivity index (χ1) is 11.6. The molecule has 2 aromatic rings. The summed E-state index contributed by atoms with van der Waals surface area (Å²) < 4.78 is 0. The summed E-state index contributed by atoms with van der Waals surface area (Å²) in [6.45, 7) is 2.17. The molecular formula is C20H24O4. The fourth-order valence-corrected chi connectivity index (χ4v) is 2.27. The summed E-state index contributed by atoms with van der Waals surface area (Å²) in [7, 11) is 0. The molecule has 4 nitrogen and oxygen atoms in total. The Morgan fingerprint density at radius 2 is 1.42 bits per heavy atom. The highest BCUT2D eigenvalue weighted by Gasteiger charge is 2.07. The number of carboxylic acids is 2. The summed E-state index contributed by atoms with van der Waals surface area (Å²) in [5, 5.41) is 17.4. The van der Waals surface area contributed by atoms with E-state index in [1.54, 1.807) is 42.5 Å². The Balaban J connectivity index is 0.000000272. The van der Waals surface area contributed by atoms with Crippen LogP contribution < -0.4 is 0 Å². The topological polar surface area (TPSA) is 74.6 Å². The number of aryl methyl sites for hydroxylation is 1. The van der Waals surface area contributed by atoms with Crippen molar-refractivity contribution < 1.29 is 19.8 Å². The predicted octanol–water partition coefficient (Wildman–Crippen LogP) is 4.89. The highest BCUT2D eigenvalue weighted by atomic mass is 16.4. The average molecular weight is 328 g/mol. The first-order valence-corrected chi connectivity index (χ1v) is 8.15. The van der Waals surface area contributed by atoms with Crippen LogP contribution in [0.25, 0.3) is 0 Å². The molecule has 0 saturated heterocycles. The third-order valence-electron chi connectivity index (χ3n) is 3.57. The van der Waals surface area contributed by atoms with Crippen LogP contribution in [0.2, 0.25) is 0 Å². The molecule has 0 aliphatic heterocycles. The van der Waals surface area contributed by atoms with Gasteiger partial charge in [0.2, 0.25) is 0 Å². The minimum atomic E-state index is -0.879. The summed E-state index contributed by atoms with van der Waals surface area (Å²) in [5.41, 5.74) is 1.74. The van der Waals surface area contributed by atoms with Crippen molar-refractivity contribution in [2.45, 2.75) is 39.0 Å². The lowest BCUT2D eigenvalue weighted by atomic mass is 10.0. The number of aromatic carboxylic acids is 2. The maximum absolute atomic E-state index is 10.9. The van der Waals surface area contributed by atoms with Crippen LogP contribution >= 0.6 is 0 Å². The van der Waals surface area contributed by atoms with Crippen molar-refractivity contribution in [3.8, 4) is 0 Å². The lowest BCUT2D eigenvalue weighted by Crippen LogP contribution is -2.02. The van der Waals surface area contributed by atoms with Gasteiger partial charge in [0.25, 0.3) is 0 Å². The Morgan fingerprint density at radius 1 is 0.792 bits per heavy atom. The van der Waals surface area contributed by atoms with Gasteiger partial charge >= 0.3 is 11.9 Å². The number of unbranched alkanes of at least 4 members (excludes halogenated alkanes) is 3. The first kappa shape index (κ1) is 19.4. The van der Waals surface area contributed by atoms with Gasteiger partial charge in [-0.05, 0) is 36.6 Å². The highest BCUT2D eigenvalue weighted by Crippen LogP contribution is 2.13. The number of carbonyl (C=O) groups is 2. The molecule has 0 saturated carbocycles. The fraction of sp³-hybridized carbons (Fsp3) is 0.300. The number of benzene rings is 2. The van der Waals surface area contributed by atoms with E-state index in [4.69, 9.17) is 10.2 Å². The predicted molar refractivity (Wildman–Crippen MR) is 94.6 cm³/mol. The second-order valence-corrected chi connectivity index (χ2v) is 5.44. The normalized spacial score (nSPS) is 9.71. The first-order valence-electron chi connectivity index (χ1n) is 8.15. The van der Waals surface area contributed by atoms with E-state index in [0.29, 0.717) is 11.1 Å². The van der Waals surface area contributed by atoms with Gasteiger partial charge in [0.1, 0.15) is 0 Å². The van der Waals surface area contributed by atoms with Crippen molar-refractivity contribution in [3.05, 3.63) is 71.3 Å². The van der Waals surface area contributed by atoms with Crippen molar-refractivity contribution >= 4 is 11.9 Å². The van der Waals surface area contributed by atoms with Crippen LogP contribution in [0.1, 0.15) is 58.9 Å². The molecule has 0 radical (unpaired) electrons. The smallest absolute Gasteiger partial charge is 0.335 e. The molecule has 0 heterocycles. The van der Waals surface area contributed by atoms with Gasteiger partial charge in [-0.15, -0.1) is 0 Å². The van der Waals surface area contributed by atoms with Gasteiger partial charge in [0.05, 0.1) is 11.1 Å². The largest absolute Gasteiger partial charge is 0.478 e. The molecule has 2 rings (SSSR count). The zero-order valence-electron chi connectivity index (χ0n) is 13.9. The van der Waals surface area contributed by atoms with Crippen LogP contribution in [0.5, 0.6) is 0 Å². The number of carboxylic acid groups (broad SMARTS) is 2. The summed E-state index contributed by atoms with van der Waals surface area (Å²) in [4.78, 5) is 21.1. The summed E-state index contributed by atoms with van der Waals surface area (Å²) >= 11 is 0. The number of rotatable bonds is 7. The fourth-order valence-electron chi connectivity index (χ4n) is 2.27. The Kier molecular flexibility index (Phi) is 8.90. The summed E-state index contributed by atoms with van der Waals surface area (Å²) in [6.07, 6.45) is 5.58. The second-order valence-electron chi connectivity index (χ2n) is 5.44. The summed E-state index contributed by atoms with van der Waals surface area (Å²) in [6, 6.07) is 15.6. The van der Waals surface area contributed by atoms with Crippen molar-refractivity contribution in [3.63, 3.8) is 0 Å². The molecule has 0 aromatic heterocycles. The maximum atomic E-state index is 10.9. The van der Waals surface area contributed by atoms with E-state index in [0.717, 1.165) is 18.4 Å². The van der Waals surface area contributed by atoms with E-state index in [-0.39, 0.29) is 0 Å². The van der Waals surface area contributed by atoms with Gasteiger partial charge < -0.3 is 10.2 Å². The maximum Gasteiger partial charge on any atom is 0.335 e. The Hall–Kier alpha value is -2.62. The molecule has 0 aliphatic rings. The van der Waals surface area contributed by atoms with E-state index in [2.05, 4.69) is 6.92 Å². The molecule has 0 fully saturated rings. The van der Waals surface area contributed by atoms with Crippen LogP contribution in [0, 0.1) is 0 Å². The van der Waals surface area contributed by atoms with Crippen molar-refractivity contribution in [1.29, 1.82) is 0 Å². The minimum Gasteiger partial charge on any atom is -0.478 e. The lowest BCUT2D eigenvalue weighted by molar-refractivity contribution is 0.0685. The lowest BCUT2D eigenvalue weighted by Gasteiger charge is -2.05. The zero-order chi connectivity index (χ0) is 17.8. The van der Waals surface area contributed by atoms with Crippen LogP contribution in [0.15, 0.2) is 54.6 Å². The Labute approximate surface area is 142 Å². The van der Waals surface area contributed by atoms with Crippen LogP contribution in [0.3, 0.4) is 0 Å². The van der Waals surface area contributed by atoms with Gasteiger partial charge in [0.15, 0.2) is 0 Å². The molecule has 2 aromatic carbocycles. The molecule has 0 unspecified atom stereocenters. The number of hydrogen-bond acceptors (Lipinski definition) is 2. The van der Waals surface area contributed by atoms with E-state index in [1.807, 2.05) is 12.1 Å². The molecule has 4 heteroatoms. The standard InChI is InChI=1S/C13H18O2.C7H6O2/c1-2-3-4-5-8-11-9-6-7-10-12(11)13(14)15;8-7(9)6-4-2-1-3-5-6/h6-7,9-10H,2-5,8H2,1H3,(H,14,15);1-5H,(H,8,9). The third kappa shape index (κ3) is 7.09. The van der Waals surface area contributed by atoms with Gasteiger partial charge in [-0.1, -0.05) is 62.6 Å². The average Bonchev–Trinajstić information content (AvgIpc) is 2.60. The molecular weight excluding hydrogens is 304 g/mol. The zero-order valence-corrected chi connectivity index (χ0v) is 13.9. The Bertz CT molecular complexity index is 635. The molecule has 24 heavy (non-hydrogen) atoms. The molecule has 0 spiro atoms. The molecule has 0 bridgehead atoms. The van der Waals surface area contributed by atoms with Gasteiger partial charge in [0, 0.05) is 0 Å². The minimum absolute atomic E-state index is 0.331. The van der Waals surface area contributed by atoms with E-state index in [1.165, 1.54) is 19.3 Å². The molecule has 0 aliphatic carbocycles. The van der Waals surface area contributed by atoms with E-state index >= 15 is 0 Å². The van der Waals surface area contributed by atoms with Crippen molar-refractivity contribution in [1.82, 2.24) is 0 Å². The third-order valence-corrected chi connectivity index (χ3v) is 3.57. The molecule has 128 valence electrons. The Morgan fingerprint density at radius 3 is 1.96 bits per heavy atom. The van der Waals surface area contributed by atoms with Gasteiger partial charge in [-0.3, -0.25) is 0 Å². The van der Waals surface area contributed by atoms with Gasteiger partial charge in [-0.25, -0.2) is 9.59 Å². The van der Waals surface area contributed by atoms with Crippen LogP contribution in [-0.2, 0) is 6.42 Å². The SMILES string of the molecule is CCCCCCc1ccccc1C(=O)O.O=C(O)c1ccccc1. The molecule has 2 N–H and O–H groups in total. The number of hydrogen-bond donors (Lipinski definition) is 2. The van der Waals surface area contributed by atoms with Crippen LogP contribution in [-0.4, -0.2) is 22.2 Å².